The van der Waals surface area contributed by atoms with Gasteiger partial charge in [0.2, 0.25) is 0 Å². The van der Waals surface area contributed by atoms with E-state index in [0.29, 0.717) is 11.4 Å². The molecule has 6 nitrogen and oxygen atoms in total. The van der Waals surface area contributed by atoms with E-state index in [1.54, 1.807) is 12.4 Å². The molecule has 0 radical (unpaired) electrons. The predicted octanol–water partition coefficient (Wildman–Crippen LogP) is 2.64. The molecule has 21 heavy (non-hydrogen) atoms. The molecule has 0 aliphatic rings. The topological polar surface area (TPSA) is 73.0 Å². The average Bonchev–Trinajstić information content (AvgIpc) is 3.07. The highest BCUT2D eigenvalue weighted by atomic mass is 16.3. The fourth-order valence-electron chi connectivity index (χ4n) is 2.07. The third-order valence-corrected chi connectivity index (χ3v) is 3.16. The summed E-state index contributed by atoms with van der Waals surface area (Å²) in [6.45, 7) is 1.83. The molecule has 2 aromatic heterocycles. The largest absolute Gasteiger partial charge is 0.459 e. The molecule has 1 aromatic carbocycles. The van der Waals surface area contributed by atoms with Crippen LogP contribution in [0.15, 0.2) is 47.3 Å². The van der Waals surface area contributed by atoms with Crippen molar-refractivity contribution in [1.29, 1.82) is 0 Å². The lowest BCUT2D eigenvalue weighted by molar-refractivity contribution is 0.0996. The van der Waals surface area contributed by atoms with Gasteiger partial charge in [0.1, 0.15) is 6.33 Å². The summed E-state index contributed by atoms with van der Waals surface area (Å²) in [5, 5.41) is 10.7. The lowest BCUT2D eigenvalue weighted by atomic mass is 10.2. The first-order valence-electron chi connectivity index (χ1n) is 6.45. The summed E-state index contributed by atoms with van der Waals surface area (Å²) >= 11 is 0. The highest BCUT2D eigenvalue weighted by Crippen LogP contribution is 2.21. The van der Waals surface area contributed by atoms with E-state index in [2.05, 4.69) is 15.5 Å². The molecule has 3 aromatic rings. The summed E-state index contributed by atoms with van der Waals surface area (Å²) in [4.78, 5) is 12.1. The number of aromatic nitrogens is 3. The zero-order valence-electron chi connectivity index (χ0n) is 11.7. The van der Waals surface area contributed by atoms with Crippen LogP contribution >= 0.6 is 0 Å². The fourth-order valence-corrected chi connectivity index (χ4v) is 2.07. The van der Waals surface area contributed by atoms with Crippen LogP contribution in [0.2, 0.25) is 0 Å². The van der Waals surface area contributed by atoms with Crippen molar-refractivity contribution >= 4 is 11.6 Å². The van der Waals surface area contributed by atoms with E-state index >= 15 is 0 Å². The van der Waals surface area contributed by atoms with Gasteiger partial charge in [-0.3, -0.25) is 4.79 Å². The van der Waals surface area contributed by atoms with E-state index in [1.165, 1.54) is 6.26 Å². The molecule has 1 amide bonds. The molecular weight excluding hydrogens is 268 g/mol. The molecule has 1 N–H and O–H groups in total. The molecule has 106 valence electrons. The van der Waals surface area contributed by atoms with Crippen LogP contribution in [0.4, 0.5) is 5.69 Å². The second kappa shape index (κ2) is 5.24. The molecule has 0 fully saturated rings. The van der Waals surface area contributed by atoms with Gasteiger partial charge in [-0.05, 0) is 25.1 Å². The van der Waals surface area contributed by atoms with Crippen molar-refractivity contribution in [3.8, 4) is 11.4 Å². The number of benzene rings is 1. The Morgan fingerprint density at radius 3 is 2.86 bits per heavy atom. The highest BCUT2D eigenvalue weighted by molar-refractivity contribution is 6.03. The third kappa shape index (κ3) is 2.55. The van der Waals surface area contributed by atoms with Gasteiger partial charge < -0.3 is 14.3 Å². The number of rotatable bonds is 3. The summed E-state index contributed by atoms with van der Waals surface area (Å²) in [6, 6.07) is 9.19. The normalized spacial score (nSPS) is 10.6. The maximum absolute atomic E-state index is 12.1. The molecule has 0 saturated carbocycles. The molecule has 0 aliphatic heterocycles. The van der Waals surface area contributed by atoms with Crippen LogP contribution in [0.3, 0.4) is 0 Å². The molecule has 0 spiro atoms. The summed E-state index contributed by atoms with van der Waals surface area (Å²) < 4.78 is 7.00. The van der Waals surface area contributed by atoms with Gasteiger partial charge in [0.15, 0.2) is 11.6 Å². The number of aryl methyl sites for hydroxylation is 2. The lowest BCUT2D eigenvalue weighted by Gasteiger charge is -2.06. The van der Waals surface area contributed by atoms with Gasteiger partial charge in [0.25, 0.3) is 5.91 Å². The Morgan fingerprint density at radius 1 is 1.33 bits per heavy atom. The van der Waals surface area contributed by atoms with Gasteiger partial charge in [-0.25, -0.2) is 0 Å². The van der Waals surface area contributed by atoms with Gasteiger partial charge in [-0.1, -0.05) is 12.1 Å². The van der Waals surface area contributed by atoms with Gasteiger partial charge >= 0.3 is 0 Å². The maximum atomic E-state index is 12.1. The Morgan fingerprint density at radius 2 is 2.19 bits per heavy atom. The number of nitrogens with one attached hydrogen (secondary N) is 1. The number of anilines is 1. The number of carbonyl (C=O) groups is 1. The van der Waals surface area contributed by atoms with Crippen LogP contribution in [0.1, 0.15) is 16.1 Å². The van der Waals surface area contributed by atoms with E-state index in [-0.39, 0.29) is 5.91 Å². The van der Waals surface area contributed by atoms with E-state index in [0.717, 1.165) is 17.0 Å². The van der Waals surface area contributed by atoms with Crippen molar-refractivity contribution in [3.05, 3.63) is 54.2 Å². The first-order chi connectivity index (χ1) is 10.1. The van der Waals surface area contributed by atoms with Crippen LogP contribution in [0.25, 0.3) is 11.4 Å². The van der Waals surface area contributed by atoms with E-state index in [1.807, 2.05) is 42.8 Å². The molecule has 3 rings (SSSR count). The molecule has 0 bridgehead atoms. The maximum Gasteiger partial charge on any atom is 0.291 e. The number of amides is 1. The molecule has 0 aliphatic carbocycles. The Labute approximate surface area is 121 Å². The van der Waals surface area contributed by atoms with E-state index in [9.17, 15) is 4.79 Å². The van der Waals surface area contributed by atoms with E-state index in [4.69, 9.17) is 4.42 Å². The smallest absolute Gasteiger partial charge is 0.291 e. The first-order valence-corrected chi connectivity index (χ1v) is 6.45. The minimum Gasteiger partial charge on any atom is -0.459 e. The summed E-state index contributed by atoms with van der Waals surface area (Å²) in [7, 11) is 1.87. The van der Waals surface area contributed by atoms with E-state index < -0.39 is 0 Å². The molecule has 0 unspecified atom stereocenters. The van der Waals surface area contributed by atoms with Gasteiger partial charge in [-0.2, -0.15) is 0 Å². The van der Waals surface area contributed by atoms with Gasteiger partial charge in [0, 0.05) is 23.9 Å². The van der Waals surface area contributed by atoms with Crippen LogP contribution < -0.4 is 5.32 Å². The lowest BCUT2D eigenvalue weighted by Crippen LogP contribution is -2.12. The minimum absolute atomic E-state index is 0.271. The Bertz CT molecular complexity index is 788. The Kier molecular flexibility index (Phi) is 3.27. The van der Waals surface area contributed by atoms with Crippen LogP contribution in [0, 0.1) is 6.92 Å². The van der Waals surface area contributed by atoms with Crippen LogP contribution in [-0.4, -0.2) is 20.7 Å². The molecule has 0 atom stereocenters. The van der Waals surface area contributed by atoms with Crippen molar-refractivity contribution in [2.75, 3.05) is 5.32 Å². The molecular formula is C15H14N4O2. The minimum atomic E-state index is -0.271. The van der Waals surface area contributed by atoms with Crippen LogP contribution in [-0.2, 0) is 7.05 Å². The van der Waals surface area contributed by atoms with Crippen LogP contribution in [0.5, 0.6) is 0 Å². The van der Waals surface area contributed by atoms with Gasteiger partial charge in [0.05, 0.1) is 6.26 Å². The third-order valence-electron chi connectivity index (χ3n) is 3.16. The van der Waals surface area contributed by atoms with Crippen molar-refractivity contribution in [1.82, 2.24) is 14.8 Å². The fraction of sp³-hybridized carbons (Fsp3) is 0.133. The predicted molar refractivity (Wildman–Crippen MR) is 77.8 cm³/mol. The second-order valence-corrected chi connectivity index (χ2v) is 4.73. The number of carbonyl (C=O) groups excluding carboxylic acids is 1. The molecule has 6 heteroatoms. The SMILES string of the molecule is Cc1ccoc1C(=O)Nc1cccc(-c2nncn2C)c1. The monoisotopic (exact) mass is 282 g/mol. The number of hydrogen-bond donors (Lipinski definition) is 1. The zero-order valence-corrected chi connectivity index (χ0v) is 11.7. The summed E-state index contributed by atoms with van der Waals surface area (Å²) in [5.74, 6) is 0.784. The summed E-state index contributed by atoms with van der Waals surface area (Å²) in [6.07, 6.45) is 3.13. The average molecular weight is 282 g/mol. The number of nitrogens with zero attached hydrogens (tertiary/aromatic N) is 3. The Balaban J connectivity index is 1.86. The molecule has 2 heterocycles. The molecule has 0 saturated heterocycles. The van der Waals surface area contributed by atoms with Crippen molar-refractivity contribution in [2.24, 2.45) is 7.05 Å². The standard InChI is InChI=1S/C15H14N4O2/c1-10-6-7-21-13(10)15(20)17-12-5-3-4-11(8-12)14-18-16-9-19(14)2/h3-9H,1-2H3,(H,17,20). The van der Waals surface area contributed by atoms with Gasteiger partial charge in [-0.15, -0.1) is 10.2 Å². The van der Waals surface area contributed by atoms with Crippen molar-refractivity contribution in [2.45, 2.75) is 6.92 Å². The first kappa shape index (κ1) is 13.1. The van der Waals surface area contributed by atoms with Crippen molar-refractivity contribution in [3.63, 3.8) is 0 Å². The van der Waals surface area contributed by atoms with Crippen molar-refractivity contribution < 1.29 is 9.21 Å². The highest BCUT2D eigenvalue weighted by Gasteiger charge is 2.13. The summed E-state index contributed by atoms with van der Waals surface area (Å²) in [5.41, 5.74) is 2.36. The second-order valence-electron chi connectivity index (χ2n) is 4.73. The number of furan rings is 1. The quantitative estimate of drug-likeness (QED) is 0.801. The number of hydrogen-bond acceptors (Lipinski definition) is 4. The Hall–Kier alpha value is -2.89. The zero-order chi connectivity index (χ0) is 14.8.